The molecular formula is C15H28N2O2. The fraction of sp³-hybridized carbons (Fsp3) is 0.933. The van der Waals surface area contributed by atoms with E-state index in [1.807, 2.05) is 4.90 Å². The van der Waals surface area contributed by atoms with E-state index in [-0.39, 0.29) is 17.5 Å². The molecule has 0 bridgehead atoms. The van der Waals surface area contributed by atoms with Crippen molar-refractivity contribution in [3.63, 3.8) is 0 Å². The van der Waals surface area contributed by atoms with Gasteiger partial charge in [0.1, 0.15) is 0 Å². The lowest BCUT2D eigenvalue weighted by Gasteiger charge is -2.55. The van der Waals surface area contributed by atoms with E-state index in [0.717, 1.165) is 25.9 Å². The van der Waals surface area contributed by atoms with E-state index < -0.39 is 5.72 Å². The van der Waals surface area contributed by atoms with Crippen molar-refractivity contribution in [2.24, 2.45) is 0 Å². The summed E-state index contributed by atoms with van der Waals surface area (Å²) in [4.78, 5) is 16.7. The van der Waals surface area contributed by atoms with Crippen LogP contribution in [0.3, 0.4) is 0 Å². The first-order valence-electron chi connectivity index (χ1n) is 7.47. The Morgan fingerprint density at radius 1 is 1.32 bits per heavy atom. The van der Waals surface area contributed by atoms with Crippen molar-refractivity contribution in [3.05, 3.63) is 0 Å². The highest BCUT2D eigenvalue weighted by Gasteiger charge is 2.48. The van der Waals surface area contributed by atoms with E-state index in [0.29, 0.717) is 13.0 Å². The number of amides is 1. The van der Waals surface area contributed by atoms with E-state index in [9.17, 15) is 4.79 Å². The monoisotopic (exact) mass is 268 g/mol. The quantitative estimate of drug-likeness (QED) is 0.731. The molecule has 1 amide bonds. The average Bonchev–Trinajstić information content (AvgIpc) is 2.27. The normalized spacial score (nSPS) is 30.4. The van der Waals surface area contributed by atoms with Crippen molar-refractivity contribution in [2.75, 3.05) is 19.7 Å². The predicted octanol–water partition coefficient (Wildman–Crippen LogP) is 2.23. The zero-order valence-electron chi connectivity index (χ0n) is 13.0. The highest BCUT2D eigenvalue weighted by atomic mass is 16.5. The summed E-state index contributed by atoms with van der Waals surface area (Å²) in [5.41, 5.74) is -0.269. The van der Waals surface area contributed by atoms with Gasteiger partial charge in [-0.05, 0) is 54.0 Å². The Balaban J connectivity index is 2.26. The maximum atomic E-state index is 12.3. The molecule has 0 aromatic carbocycles. The molecule has 2 saturated heterocycles. The molecule has 0 aromatic heterocycles. The van der Waals surface area contributed by atoms with Crippen LogP contribution >= 0.6 is 0 Å². The maximum Gasteiger partial charge on any atom is 0.227 e. The summed E-state index contributed by atoms with van der Waals surface area (Å²) < 4.78 is 6.14. The molecule has 4 heteroatoms. The lowest BCUT2D eigenvalue weighted by molar-refractivity contribution is -0.226. The molecule has 2 rings (SSSR count). The second-order valence-electron chi connectivity index (χ2n) is 7.10. The third-order valence-electron chi connectivity index (χ3n) is 4.29. The number of hydrogen-bond donors (Lipinski definition) is 0. The van der Waals surface area contributed by atoms with Crippen molar-refractivity contribution in [1.29, 1.82) is 0 Å². The first kappa shape index (κ1) is 14.8. The van der Waals surface area contributed by atoms with Crippen LogP contribution in [0.15, 0.2) is 0 Å². The average molecular weight is 268 g/mol. The molecule has 0 saturated carbocycles. The molecule has 19 heavy (non-hydrogen) atoms. The summed E-state index contributed by atoms with van der Waals surface area (Å²) in [7, 11) is 0. The standard InChI is InChI=1S/C15H28N2O2/c1-12(2)17-13(18)7-10-19-15(17)8-6-9-16(11-15)14(3,4)5/h12H,6-11H2,1-5H3. The highest BCUT2D eigenvalue weighted by molar-refractivity contribution is 5.78. The first-order chi connectivity index (χ1) is 8.76. The van der Waals surface area contributed by atoms with Gasteiger partial charge in [0.25, 0.3) is 0 Å². The van der Waals surface area contributed by atoms with Gasteiger partial charge in [-0.3, -0.25) is 9.69 Å². The van der Waals surface area contributed by atoms with Crippen LogP contribution in [0.4, 0.5) is 0 Å². The molecule has 0 radical (unpaired) electrons. The number of likely N-dealkylation sites (tertiary alicyclic amines) is 1. The first-order valence-corrected chi connectivity index (χ1v) is 7.47. The van der Waals surface area contributed by atoms with Crippen molar-refractivity contribution in [1.82, 2.24) is 9.80 Å². The van der Waals surface area contributed by atoms with Gasteiger partial charge in [0.15, 0.2) is 5.72 Å². The smallest absolute Gasteiger partial charge is 0.227 e. The molecule has 1 spiro atoms. The molecule has 0 aliphatic carbocycles. The van der Waals surface area contributed by atoms with Gasteiger partial charge in [-0.2, -0.15) is 0 Å². The van der Waals surface area contributed by atoms with Crippen LogP contribution in [-0.4, -0.2) is 52.7 Å². The van der Waals surface area contributed by atoms with Gasteiger partial charge in [0.2, 0.25) is 5.91 Å². The third-order valence-corrected chi connectivity index (χ3v) is 4.29. The number of nitrogens with zero attached hydrogens (tertiary/aromatic N) is 2. The van der Waals surface area contributed by atoms with Gasteiger partial charge < -0.3 is 9.64 Å². The predicted molar refractivity (Wildman–Crippen MR) is 75.8 cm³/mol. The van der Waals surface area contributed by atoms with E-state index in [1.54, 1.807) is 0 Å². The summed E-state index contributed by atoms with van der Waals surface area (Å²) >= 11 is 0. The Kier molecular flexibility index (Phi) is 3.94. The van der Waals surface area contributed by atoms with Gasteiger partial charge in [0.05, 0.1) is 13.0 Å². The summed E-state index contributed by atoms with van der Waals surface area (Å²) in [5.74, 6) is 0.247. The van der Waals surface area contributed by atoms with E-state index in [4.69, 9.17) is 4.74 Å². The van der Waals surface area contributed by atoms with Crippen LogP contribution in [0.5, 0.6) is 0 Å². The Bertz CT molecular complexity index is 345. The molecule has 2 fully saturated rings. The van der Waals surface area contributed by atoms with Gasteiger partial charge >= 0.3 is 0 Å². The van der Waals surface area contributed by atoms with Crippen LogP contribution in [0.1, 0.15) is 53.9 Å². The number of piperidine rings is 1. The van der Waals surface area contributed by atoms with E-state index >= 15 is 0 Å². The SMILES string of the molecule is CC(C)N1C(=O)CCOC12CCCN(C(C)(C)C)C2. The van der Waals surface area contributed by atoms with Gasteiger partial charge in [0, 0.05) is 18.1 Å². The summed E-state index contributed by atoms with van der Waals surface area (Å²) in [6.45, 7) is 13.4. The zero-order valence-corrected chi connectivity index (χ0v) is 13.0. The van der Waals surface area contributed by atoms with Gasteiger partial charge in [-0.15, -0.1) is 0 Å². The Morgan fingerprint density at radius 3 is 2.58 bits per heavy atom. The molecule has 4 nitrogen and oxygen atoms in total. The second kappa shape index (κ2) is 5.06. The molecule has 2 aliphatic heterocycles. The molecule has 2 aliphatic rings. The topological polar surface area (TPSA) is 32.8 Å². The number of hydrogen-bond acceptors (Lipinski definition) is 3. The highest BCUT2D eigenvalue weighted by Crippen LogP contribution is 2.36. The number of carbonyl (C=O) groups is 1. The Hall–Kier alpha value is -0.610. The van der Waals surface area contributed by atoms with Crippen molar-refractivity contribution in [2.45, 2.75) is 71.2 Å². The van der Waals surface area contributed by atoms with Crippen molar-refractivity contribution >= 4 is 5.91 Å². The molecule has 1 unspecified atom stereocenters. The number of rotatable bonds is 1. The van der Waals surface area contributed by atoms with Crippen LogP contribution in [0.2, 0.25) is 0 Å². The van der Waals surface area contributed by atoms with Crippen LogP contribution in [0, 0.1) is 0 Å². The molecule has 2 heterocycles. The largest absolute Gasteiger partial charge is 0.354 e. The summed E-state index contributed by atoms with van der Waals surface area (Å²) in [6.07, 6.45) is 2.58. The van der Waals surface area contributed by atoms with Gasteiger partial charge in [-0.25, -0.2) is 0 Å². The molecule has 1 atom stereocenters. The second-order valence-corrected chi connectivity index (χ2v) is 7.10. The summed E-state index contributed by atoms with van der Waals surface area (Å²) in [6, 6.07) is 0.202. The minimum absolute atomic E-state index is 0.125. The number of carbonyl (C=O) groups excluding carboxylic acids is 1. The lowest BCUT2D eigenvalue weighted by Crippen LogP contribution is -2.68. The van der Waals surface area contributed by atoms with Crippen molar-refractivity contribution < 1.29 is 9.53 Å². The molecule has 0 N–H and O–H groups in total. The van der Waals surface area contributed by atoms with Crippen molar-refractivity contribution in [3.8, 4) is 0 Å². The van der Waals surface area contributed by atoms with Crippen LogP contribution in [-0.2, 0) is 9.53 Å². The van der Waals surface area contributed by atoms with Gasteiger partial charge in [-0.1, -0.05) is 0 Å². The zero-order chi connectivity index (χ0) is 14.3. The Morgan fingerprint density at radius 2 is 2.00 bits per heavy atom. The minimum atomic E-state index is -0.394. The van der Waals surface area contributed by atoms with Crippen LogP contribution < -0.4 is 0 Å². The molecule has 110 valence electrons. The fourth-order valence-electron chi connectivity index (χ4n) is 3.39. The molecular weight excluding hydrogens is 240 g/mol. The van der Waals surface area contributed by atoms with E-state index in [2.05, 4.69) is 39.5 Å². The fourth-order valence-corrected chi connectivity index (χ4v) is 3.39. The number of ether oxygens (including phenoxy) is 1. The lowest BCUT2D eigenvalue weighted by atomic mass is 9.92. The van der Waals surface area contributed by atoms with Crippen LogP contribution in [0.25, 0.3) is 0 Å². The Labute approximate surface area is 117 Å². The minimum Gasteiger partial charge on any atom is -0.354 e. The van der Waals surface area contributed by atoms with E-state index in [1.165, 1.54) is 0 Å². The third kappa shape index (κ3) is 2.79. The maximum absolute atomic E-state index is 12.3. The molecule has 0 aromatic rings. The summed E-state index contributed by atoms with van der Waals surface area (Å²) in [5, 5.41) is 0.